The molecule has 1 aromatic carbocycles. The van der Waals surface area contributed by atoms with Gasteiger partial charge in [-0.05, 0) is 44.9 Å². The minimum absolute atomic E-state index is 0.0209. The molecule has 0 aromatic heterocycles. The Morgan fingerprint density at radius 1 is 1.20 bits per heavy atom. The van der Waals surface area contributed by atoms with Crippen LogP contribution in [0.4, 0.5) is 10.5 Å². The minimum atomic E-state index is -0.322. The van der Waals surface area contributed by atoms with Gasteiger partial charge in [0.2, 0.25) is 5.91 Å². The maximum absolute atomic E-state index is 12.5. The molecule has 1 saturated heterocycles. The lowest BCUT2D eigenvalue weighted by Crippen LogP contribution is -2.39. The van der Waals surface area contributed by atoms with Crippen molar-refractivity contribution in [1.29, 1.82) is 0 Å². The third-order valence-corrected chi connectivity index (χ3v) is 3.97. The zero-order chi connectivity index (χ0) is 18.4. The van der Waals surface area contributed by atoms with E-state index >= 15 is 0 Å². The van der Waals surface area contributed by atoms with Gasteiger partial charge in [0.25, 0.3) is 5.91 Å². The first-order valence-corrected chi connectivity index (χ1v) is 8.57. The molecule has 7 nitrogen and oxygen atoms in total. The number of rotatable bonds is 5. The molecule has 0 atom stereocenters. The molecule has 2 N–H and O–H groups in total. The van der Waals surface area contributed by atoms with Crippen LogP contribution < -0.4 is 10.6 Å². The van der Waals surface area contributed by atoms with Crippen LogP contribution in [0.5, 0.6) is 0 Å². The highest BCUT2D eigenvalue weighted by atomic mass is 16.2. The highest BCUT2D eigenvalue weighted by molar-refractivity contribution is 5.98. The van der Waals surface area contributed by atoms with Gasteiger partial charge in [-0.3, -0.25) is 9.59 Å². The smallest absolute Gasteiger partial charge is 0.319 e. The Labute approximate surface area is 148 Å². The first-order valence-electron chi connectivity index (χ1n) is 8.57. The number of likely N-dealkylation sites (N-methyl/N-ethyl adjacent to an activating group) is 1. The van der Waals surface area contributed by atoms with Crippen molar-refractivity contribution < 1.29 is 14.4 Å². The van der Waals surface area contributed by atoms with Gasteiger partial charge in [0.05, 0.1) is 6.54 Å². The molecule has 4 amide bonds. The second kappa shape index (κ2) is 8.50. The summed E-state index contributed by atoms with van der Waals surface area (Å²) in [6, 6.07) is 6.40. The summed E-state index contributed by atoms with van der Waals surface area (Å²) < 4.78 is 0. The molecule has 25 heavy (non-hydrogen) atoms. The number of carbonyl (C=O) groups excluding carboxylic acids is 3. The summed E-state index contributed by atoms with van der Waals surface area (Å²) >= 11 is 0. The molecule has 1 aromatic rings. The zero-order valence-electron chi connectivity index (χ0n) is 15.0. The Bertz CT molecular complexity index is 639. The van der Waals surface area contributed by atoms with E-state index in [4.69, 9.17) is 0 Å². The van der Waals surface area contributed by atoms with Crippen LogP contribution >= 0.6 is 0 Å². The SMILES string of the molecule is CC(C)NC(=O)Nc1cccc(C(=O)N(C)CC(=O)N2CCCC2)c1. The van der Waals surface area contributed by atoms with E-state index in [2.05, 4.69) is 10.6 Å². The largest absolute Gasteiger partial charge is 0.341 e. The molecule has 2 rings (SSSR count). The van der Waals surface area contributed by atoms with Crippen molar-refractivity contribution in [2.24, 2.45) is 0 Å². The van der Waals surface area contributed by atoms with Crippen LogP contribution in [-0.2, 0) is 4.79 Å². The fourth-order valence-corrected chi connectivity index (χ4v) is 2.72. The van der Waals surface area contributed by atoms with Gasteiger partial charge < -0.3 is 20.4 Å². The van der Waals surface area contributed by atoms with Gasteiger partial charge in [-0.1, -0.05) is 6.07 Å². The number of nitrogens with zero attached hydrogens (tertiary/aromatic N) is 2. The summed E-state index contributed by atoms with van der Waals surface area (Å²) in [6.07, 6.45) is 2.05. The van der Waals surface area contributed by atoms with Crippen molar-refractivity contribution in [2.75, 3.05) is 32.0 Å². The Morgan fingerprint density at radius 2 is 1.88 bits per heavy atom. The summed E-state index contributed by atoms with van der Waals surface area (Å²) in [4.78, 5) is 39.7. The average molecular weight is 346 g/mol. The quantitative estimate of drug-likeness (QED) is 0.854. The first-order chi connectivity index (χ1) is 11.9. The van der Waals surface area contributed by atoms with E-state index in [0.717, 1.165) is 25.9 Å². The summed E-state index contributed by atoms with van der Waals surface area (Å²) in [7, 11) is 1.61. The molecule has 0 spiro atoms. The van der Waals surface area contributed by atoms with Crippen LogP contribution in [0.25, 0.3) is 0 Å². The van der Waals surface area contributed by atoms with Crippen LogP contribution in [0.2, 0.25) is 0 Å². The molecular formula is C18H26N4O3. The topological polar surface area (TPSA) is 81.8 Å². The number of nitrogens with one attached hydrogen (secondary N) is 2. The monoisotopic (exact) mass is 346 g/mol. The number of anilines is 1. The standard InChI is InChI=1S/C18H26N4O3/c1-13(2)19-18(25)20-15-8-6-7-14(11-15)17(24)21(3)12-16(23)22-9-4-5-10-22/h6-8,11,13H,4-5,9-10,12H2,1-3H3,(H2,19,20,25). The number of hydrogen-bond donors (Lipinski definition) is 2. The Balaban J connectivity index is 1.97. The molecule has 1 aliphatic heterocycles. The summed E-state index contributed by atoms with van der Waals surface area (Å²) in [5.74, 6) is -0.278. The van der Waals surface area contributed by atoms with E-state index in [0.29, 0.717) is 11.3 Å². The average Bonchev–Trinajstić information content (AvgIpc) is 3.08. The summed E-state index contributed by atoms with van der Waals surface area (Å²) in [6.45, 7) is 5.33. The van der Waals surface area contributed by atoms with Crippen LogP contribution in [0, 0.1) is 0 Å². The lowest BCUT2D eigenvalue weighted by Gasteiger charge is -2.21. The number of benzene rings is 1. The van der Waals surface area contributed by atoms with Gasteiger partial charge in [0.15, 0.2) is 0 Å². The van der Waals surface area contributed by atoms with Crippen molar-refractivity contribution in [3.05, 3.63) is 29.8 Å². The maximum atomic E-state index is 12.5. The van der Waals surface area contributed by atoms with E-state index in [1.54, 1.807) is 36.2 Å². The highest BCUT2D eigenvalue weighted by Gasteiger charge is 2.22. The van der Waals surface area contributed by atoms with Gasteiger partial charge in [-0.25, -0.2) is 4.79 Å². The predicted octanol–water partition coefficient (Wildman–Crippen LogP) is 1.91. The molecule has 1 aliphatic rings. The Hall–Kier alpha value is -2.57. The van der Waals surface area contributed by atoms with Crippen molar-refractivity contribution in [2.45, 2.75) is 32.7 Å². The minimum Gasteiger partial charge on any atom is -0.341 e. The van der Waals surface area contributed by atoms with E-state index in [-0.39, 0.29) is 30.4 Å². The zero-order valence-corrected chi connectivity index (χ0v) is 15.0. The van der Waals surface area contributed by atoms with Crippen molar-refractivity contribution >= 4 is 23.5 Å². The van der Waals surface area contributed by atoms with Gasteiger partial charge >= 0.3 is 6.03 Å². The fraction of sp³-hybridized carbons (Fsp3) is 0.500. The van der Waals surface area contributed by atoms with E-state index in [1.165, 1.54) is 4.90 Å². The van der Waals surface area contributed by atoms with Gasteiger partial charge in [-0.15, -0.1) is 0 Å². The second-order valence-corrected chi connectivity index (χ2v) is 6.58. The molecule has 0 saturated carbocycles. The van der Waals surface area contributed by atoms with Crippen LogP contribution in [0.15, 0.2) is 24.3 Å². The molecule has 0 aliphatic carbocycles. The normalized spacial score (nSPS) is 13.7. The predicted molar refractivity (Wildman–Crippen MR) is 96.5 cm³/mol. The number of carbonyl (C=O) groups is 3. The third kappa shape index (κ3) is 5.48. The number of urea groups is 1. The third-order valence-electron chi connectivity index (χ3n) is 3.97. The highest BCUT2D eigenvalue weighted by Crippen LogP contribution is 2.13. The van der Waals surface area contributed by atoms with Gasteiger partial charge in [0, 0.05) is 37.4 Å². The maximum Gasteiger partial charge on any atom is 0.319 e. The number of hydrogen-bond acceptors (Lipinski definition) is 3. The molecule has 136 valence electrons. The molecular weight excluding hydrogens is 320 g/mol. The summed E-state index contributed by atoms with van der Waals surface area (Å²) in [5.41, 5.74) is 0.960. The van der Waals surface area contributed by atoms with Crippen LogP contribution in [0.3, 0.4) is 0 Å². The van der Waals surface area contributed by atoms with E-state index in [9.17, 15) is 14.4 Å². The van der Waals surface area contributed by atoms with Gasteiger partial charge in [0.1, 0.15) is 0 Å². The van der Waals surface area contributed by atoms with Crippen molar-refractivity contribution in [1.82, 2.24) is 15.1 Å². The van der Waals surface area contributed by atoms with Gasteiger partial charge in [-0.2, -0.15) is 0 Å². The molecule has 1 heterocycles. The molecule has 1 fully saturated rings. The Morgan fingerprint density at radius 3 is 2.52 bits per heavy atom. The summed E-state index contributed by atoms with van der Waals surface area (Å²) in [5, 5.41) is 5.42. The second-order valence-electron chi connectivity index (χ2n) is 6.58. The van der Waals surface area contributed by atoms with Crippen molar-refractivity contribution in [3.8, 4) is 0 Å². The number of likely N-dealkylation sites (tertiary alicyclic amines) is 1. The molecule has 0 unspecified atom stereocenters. The lowest BCUT2D eigenvalue weighted by molar-refractivity contribution is -0.130. The lowest BCUT2D eigenvalue weighted by atomic mass is 10.1. The molecule has 0 radical (unpaired) electrons. The van der Waals surface area contributed by atoms with E-state index in [1.807, 2.05) is 13.8 Å². The molecule has 0 bridgehead atoms. The molecule has 7 heteroatoms. The number of amides is 4. The van der Waals surface area contributed by atoms with Crippen molar-refractivity contribution in [3.63, 3.8) is 0 Å². The van der Waals surface area contributed by atoms with E-state index < -0.39 is 0 Å². The van der Waals surface area contributed by atoms with Crippen LogP contribution in [-0.4, -0.2) is 60.4 Å². The van der Waals surface area contributed by atoms with Crippen LogP contribution in [0.1, 0.15) is 37.0 Å². The first kappa shape index (κ1) is 18.8. The fourth-order valence-electron chi connectivity index (χ4n) is 2.72. The Kier molecular flexibility index (Phi) is 6.38.